The van der Waals surface area contributed by atoms with E-state index in [1.165, 1.54) is 8.61 Å². The number of hydrogen-bond donors (Lipinski definition) is 1. The minimum atomic E-state index is -3.31. The molecule has 124 valence electrons. The van der Waals surface area contributed by atoms with E-state index < -0.39 is 10.2 Å². The van der Waals surface area contributed by atoms with Crippen molar-refractivity contribution in [3.63, 3.8) is 0 Å². The molecule has 1 amide bonds. The highest BCUT2D eigenvalue weighted by atomic mass is 32.2. The molecule has 1 saturated heterocycles. The zero-order valence-electron chi connectivity index (χ0n) is 13.0. The van der Waals surface area contributed by atoms with Gasteiger partial charge in [0.25, 0.3) is 10.2 Å². The maximum absolute atomic E-state index is 12.0. The smallest absolute Gasteiger partial charge is 0.281 e. The van der Waals surface area contributed by atoms with Crippen LogP contribution in [-0.2, 0) is 21.4 Å². The van der Waals surface area contributed by atoms with Gasteiger partial charge in [0.2, 0.25) is 5.91 Å². The molecule has 0 unspecified atom stereocenters. The van der Waals surface area contributed by atoms with Crippen LogP contribution >= 0.6 is 11.3 Å². The predicted octanol–water partition coefficient (Wildman–Crippen LogP) is 0.925. The normalized spacial score (nSPS) is 17.8. The van der Waals surface area contributed by atoms with Crippen LogP contribution in [0.1, 0.15) is 18.4 Å². The number of rotatable bonds is 6. The Balaban J connectivity index is 1.73. The fourth-order valence-corrected chi connectivity index (χ4v) is 4.28. The molecule has 1 fully saturated rings. The van der Waals surface area contributed by atoms with Gasteiger partial charge in [-0.25, -0.2) is 0 Å². The van der Waals surface area contributed by atoms with Gasteiger partial charge in [0.05, 0.1) is 6.42 Å². The second kappa shape index (κ2) is 7.54. The molecule has 22 heavy (non-hydrogen) atoms. The van der Waals surface area contributed by atoms with E-state index in [2.05, 4.69) is 5.32 Å². The summed E-state index contributed by atoms with van der Waals surface area (Å²) >= 11 is 1.59. The van der Waals surface area contributed by atoms with Crippen LogP contribution in [0.4, 0.5) is 0 Å². The van der Waals surface area contributed by atoms with Gasteiger partial charge in [0.1, 0.15) is 0 Å². The molecule has 1 aliphatic rings. The first-order valence-electron chi connectivity index (χ1n) is 7.35. The Morgan fingerprint density at radius 1 is 1.41 bits per heavy atom. The molecule has 6 nitrogen and oxygen atoms in total. The van der Waals surface area contributed by atoms with Gasteiger partial charge in [-0.3, -0.25) is 4.79 Å². The Morgan fingerprint density at radius 3 is 2.64 bits per heavy atom. The van der Waals surface area contributed by atoms with Gasteiger partial charge in [-0.15, -0.1) is 0 Å². The van der Waals surface area contributed by atoms with Crippen LogP contribution in [0.15, 0.2) is 16.8 Å². The van der Waals surface area contributed by atoms with Gasteiger partial charge in [0.15, 0.2) is 0 Å². The highest BCUT2D eigenvalue weighted by molar-refractivity contribution is 7.86. The zero-order valence-corrected chi connectivity index (χ0v) is 14.6. The van der Waals surface area contributed by atoms with Crippen LogP contribution in [0.3, 0.4) is 0 Å². The molecule has 2 heterocycles. The Labute approximate surface area is 136 Å². The number of piperidine rings is 1. The number of nitrogens with one attached hydrogen (secondary N) is 1. The molecule has 1 N–H and O–H groups in total. The third kappa shape index (κ3) is 4.52. The lowest BCUT2D eigenvalue weighted by atomic mass is 9.98. The monoisotopic (exact) mass is 345 g/mol. The van der Waals surface area contributed by atoms with Crippen molar-refractivity contribution in [2.24, 2.45) is 5.92 Å². The van der Waals surface area contributed by atoms with Crippen molar-refractivity contribution in [3.8, 4) is 0 Å². The maximum Gasteiger partial charge on any atom is 0.281 e. The standard InChI is InChI=1S/C14H23N3O3S2/c1-16(2)22(19,20)17-6-3-12(4-7-17)10-15-14(18)9-13-5-8-21-11-13/h5,8,11-12H,3-4,6-7,9-10H2,1-2H3,(H,15,18). The first kappa shape index (κ1) is 17.4. The summed E-state index contributed by atoms with van der Waals surface area (Å²) in [6.45, 7) is 1.66. The summed E-state index contributed by atoms with van der Waals surface area (Å²) in [6.07, 6.45) is 1.98. The van der Waals surface area contributed by atoms with E-state index in [-0.39, 0.29) is 5.91 Å². The zero-order chi connectivity index (χ0) is 16.2. The molecular formula is C14H23N3O3S2. The third-order valence-corrected chi connectivity index (χ3v) is 6.57. The SMILES string of the molecule is CN(C)S(=O)(=O)N1CCC(CNC(=O)Cc2ccsc2)CC1. The Morgan fingerprint density at radius 2 is 2.09 bits per heavy atom. The van der Waals surface area contributed by atoms with Crippen LogP contribution in [0.25, 0.3) is 0 Å². The van der Waals surface area contributed by atoms with Crippen molar-refractivity contribution >= 4 is 27.5 Å². The predicted molar refractivity (Wildman–Crippen MR) is 87.9 cm³/mol. The maximum atomic E-state index is 12.0. The van der Waals surface area contributed by atoms with E-state index in [9.17, 15) is 13.2 Å². The molecular weight excluding hydrogens is 322 g/mol. The molecule has 1 aromatic rings. The van der Waals surface area contributed by atoms with Crippen LogP contribution in [0.5, 0.6) is 0 Å². The highest BCUT2D eigenvalue weighted by Crippen LogP contribution is 2.20. The van der Waals surface area contributed by atoms with E-state index in [4.69, 9.17) is 0 Å². The molecule has 0 aromatic carbocycles. The van der Waals surface area contributed by atoms with Crippen LogP contribution < -0.4 is 5.32 Å². The van der Waals surface area contributed by atoms with Crippen molar-refractivity contribution in [2.45, 2.75) is 19.3 Å². The second-order valence-electron chi connectivity index (χ2n) is 5.75. The molecule has 0 bridgehead atoms. The Hall–Kier alpha value is -0.960. The van der Waals surface area contributed by atoms with Crippen LogP contribution in [0.2, 0.25) is 0 Å². The average Bonchev–Trinajstić information content (AvgIpc) is 2.98. The Bertz CT molecular complexity index is 576. The summed E-state index contributed by atoms with van der Waals surface area (Å²) in [4.78, 5) is 11.8. The molecule has 1 aliphatic heterocycles. The number of thiophene rings is 1. The lowest BCUT2D eigenvalue weighted by molar-refractivity contribution is -0.120. The van der Waals surface area contributed by atoms with E-state index in [1.807, 2.05) is 16.8 Å². The minimum Gasteiger partial charge on any atom is -0.356 e. The average molecular weight is 345 g/mol. The molecule has 0 radical (unpaired) electrons. The summed E-state index contributed by atoms with van der Waals surface area (Å²) in [5, 5.41) is 6.89. The second-order valence-corrected chi connectivity index (χ2v) is 8.67. The van der Waals surface area contributed by atoms with Crippen LogP contribution in [-0.4, -0.2) is 56.7 Å². The van der Waals surface area contributed by atoms with Gasteiger partial charge >= 0.3 is 0 Å². The summed E-state index contributed by atoms with van der Waals surface area (Å²) in [5.41, 5.74) is 1.04. The molecule has 0 spiro atoms. The van der Waals surface area contributed by atoms with Gasteiger partial charge < -0.3 is 5.32 Å². The number of carbonyl (C=O) groups is 1. The van der Waals surface area contributed by atoms with Crippen LogP contribution in [0, 0.1) is 5.92 Å². The number of hydrogen-bond acceptors (Lipinski definition) is 4. The van der Waals surface area contributed by atoms with E-state index in [1.54, 1.807) is 25.4 Å². The number of nitrogens with zero attached hydrogens (tertiary/aromatic N) is 2. The van der Waals surface area contributed by atoms with Gasteiger partial charge in [-0.05, 0) is 41.1 Å². The van der Waals surface area contributed by atoms with Gasteiger partial charge in [-0.2, -0.15) is 28.4 Å². The van der Waals surface area contributed by atoms with Gasteiger partial charge in [0, 0.05) is 33.7 Å². The lowest BCUT2D eigenvalue weighted by Gasteiger charge is -2.32. The topological polar surface area (TPSA) is 69.7 Å². The summed E-state index contributed by atoms with van der Waals surface area (Å²) < 4.78 is 26.8. The Kier molecular flexibility index (Phi) is 5.96. The first-order valence-corrected chi connectivity index (χ1v) is 9.69. The summed E-state index contributed by atoms with van der Waals surface area (Å²) in [5.74, 6) is 0.377. The summed E-state index contributed by atoms with van der Waals surface area (Å²) in [7, 11) is -0.213. The molecule has 0 atom stereocenters. The summed E-state index contributed by atoms with van der Waals surface area (Å²) in [6, 6.07) is 1.95. The van der Waals surface area contributed by atoms with E-state index in [0.29, 0.717) is 32.0 Å². The van der Waals surface area contributed by atoms with Crippen molar-refractivity contribution < 1.29 is 13.2 Å². The largest absolute Gasteiger partial charge is 0.356 e. The first-order chi connectivity index (χ1) is 10.4. The fourth-order valence-electron chi connectivity index (χ4n) is 2.47. The molecule has 1 aromatic heterocycles. The van der Waals surface area contributed by atoms with Crippen molar-refractivity contribution in [1.29, 1.82) is 0 Å². The third-order valence-electron chi connectivity index (χ3n) is 3.89. The molecule has 0 saturated carbocycles. The van der Waals surface area contributed by atoms with Crippen molar-refractivity contribution in [2.75, 3.05) is 33.7 Å². The minimum absolute atomic E-state index is 0.0294. The molecule has 8 heteroatoms. The van der Waals surface area contributed by atoms with Gasteiger partial charge in [-0.1, -0.05) is 0 Å². The van der Waals surface area contributed by atoms with Crippen molar-refractivity contribution in [3.05, 3.63) is 22.4 Å². The molecule has 0 aliphatic carbocycles. The lowest BCUT2D eigenvalue weighted by Crippen LogP contribution is -2.46. The quantitative estimate of drug-likeness (QED) is 0.834. The number of carbonyl (C=O) groups excluding carboxylic acids is 1. The fraction of sp³-hybridized carbons (Fsp3) is 0.643. The van der Waals surface area contributed by atoms with E-state index >= 15 is 0 Å². The van der Waals surface area contributed by atoms with E-state index in [0.717, 1.165) is 18.4 Å². The number of amides is 1. The van der Waals surface area contributed by atoms with Crippen molar-refractivity contribution in [1.82, 2.24) is 13.9 Å². The highest BCUT2D eigenvalue weighted by Gasteiger charge is 2.29. The molecule has 2 rings (SSSR count).